The summed E-state index contributed by atoms with van der Waals surface area (Å²) in [5, 5.41) is 0. The third-order valence-corrected chi connectivity index (χ3v) is 9.28. The Morgan fingerprint density at radius 2 is 2.06 bits per heavy atom. The van der Waals surface area contributed by atoms with Gasteiger partial charge in [-0.25, -0.2) is 9.97 Å². The summed E-state index contributed by atoms with van der Waals surface area (Å²) in [6, 6.07) is 0. The topological polar surface area (TPSA) is 58.3 Å². The minimum absolute atomic E-state index is 0.403. The van der Waals surface area contributed by atoms with Crippen LogP contribution in [0.5, 0.6) is 0 Å². The molecule has 2 N–H and O–H groups in total. The van der Waals surface area contributed by atoms with E-state index in [1.807, 2.05) is 0 Å². The lowest BCUT2D eigenvalue weighted by molar-refractivity contribution is -0.0779. The fraction of sp³-hybridized carbons (Fsp3) is 0.692. The second-order valence-electron chi connectivity index (χ2n) is 11.0. The molecule has 5 atom stereocenters. The molecule has 1 aromatic heterocycles. The molecule has 0 spiro atoms. The minimum Gasteiger partial charge on any atom is -0.382 e. The van der Waals surface area contributed by atoms with Gasteiger partial charge in [-0.1, -0.05) is 51.5 Å². The van der Waals surface area contributed by atoms with E-state index in [9.17, 15) is 0 Å². The van der Waals surface area contributed by atoms with E-state index in [0.717, 1.165) is 36.6 Å². The van der Waals surface area contributed by atoms with E-state index in [0.29, 0.717) is 22.6 Å². The molecule has 170 valence electrons. The van der Waals surface area contributed by atoms with E-state index in [1.165, 1.54) is 37.7 Å². The summed E-state index contributed by atoms with van der Waals surface area (Å²) in [4.78, 5) is 13.0. The van der Waals surface area contributed by atoms with Crippen molar-refractivity contribution in [2.75, 3.05) is 35.8 Å². The highest BCUT2D eigenvalue weighted by atomic mass is 15.4. The van der Waals surface area contributed by atoms with E-state index >= 15 is 0 Å². The first-order valence-corrected chi connectivity index (χ1v) is 12.1. The minimum atomic E-state index is 0.403. The molecular weight excluding hydrogens is 382 g/mol. The van der Waals surface area contributed by atoms with Crippen LogP contribution in [0, 0.1) is 28.6 Å². The van der Waals surface area contributed by atoms with Gasteiger partial charge in [0.15, 0.2) is 11.6 Å². The molecule has 1 aromatic rings. The normalized spacial score (nSPS) is 35.3. The van der Waals surface area contributed by atoms with E-state index in [-0.39, 0.29) is 0 Å². The Kier molecular flexibility index (Phi) is 5.82. The quantitative estimate of drug-likeness (QED) is 0.620. The lowest BCUT2D eigenvalue weighted by atomic mass is 9.46. The predicted octanol–water partition coefficient (Wildman–Crippen LogP) is 5.65. The molecule has 2 heterocycles. The smallest absolute Gasteiger partial charge is 0.159 e. The third kappa shape index (κ3) is 3.74. The van der Waals surface area contributed by atoms with E-state index < -0.39 is 0 Å². The maximum absolute atomic E-state index is 6.16. The van der Waals surface area contributed by atoms with Crippen LogP contribution in [0.25, 0.3) is 0 Å². The number of rotatable bonds is 5. The monoisotopic (exact) mass is 423 g/mol. The Morgan fingerprint density at radius 3 is 2.84 bits per heavy atom. The summed E-state index contributed by atoms with van der Waals surface area (Å²) in [5.74, 6) is 3.76. The van der Waals surface area contributed by atoms with Crippen molar-refractivity contribution < 1.29 is 0 Å². The number of nitrogen functional groups attached to an aromatic ring is 1. The Labute approximate surface area is 188 Å². The van der Waals surface area contributed by atoms with Crippen LogP contribution in [0.3, 0.4) is 0 Å². The Morgan fingerprint density at radius 1 is 1.29 bits per heavy atom. The molecule has 0 radical (unpaired) electrons. The Hall–Kier alpha value is -2.04. The van der Waals surface area contributed by atoms with Crippen LogP contribution < -0.4 is 15.5 Å². The first kappa shape index (κ1) is 22.2. The molecule has 0 bridgehead atoms. The first-order valence-electron chi connectivity index (χ1n) is 12.1. The number of hydrogen-bond donors (Lipinski definition) is 1. The van der Waals surface area contributed by atoms with Crippen molar-refractivity contribution in [3.63, 3.8) is 0 Å². The lowest BCUT2D eigenvalue weighted by Gasteiger charge is -2.59. The maximum Gasteiger partial charge on any atom is 0.159 e. The fourth-order valence-corrected chi connectivity index (χ4v) is 6.61. The second-order valence-corrected chi connectivity index (χ2v) is 11.0. The predicted molar refractivity (Wildman–Crippen MR) is 131 cm³/mol. The summed E-state index contributed by atoms with van der Waals surface area (Å²) in [7, 11) is 2.06. The summed E-state index contributed by atoms with van der Waals surface area (Å²) in [6.45, 7) is 14.0. The molecule has 4 rings (SSSR count). The molecule has 5 unspecified atom stereocenters. The molecule has 1 fully saturated rings. The number of nitrogens with two attached hydrogens (primary N) is 1. The summed E-state index contributed by atoms with van der Waals surface area (Å²) in [6.07, 6.45) is 15.3. The fourth-order valence-electron chi connectivity index (χ4n) is 6.61. The van der Waals surface area contributed by atoms with E-state index in [1.54, 1.807) is 6.33 Å². The summed E-state index contributed by atoms with van der Waals surface area (Å²) >= 11 is 0. The standard InChI is InChI=1S/C26H41N5/c1-18(12-15-31-17-30(6)24-22(31)23(27)28-16-29-24)10-13-25(4)20(3)11-14-26(5)19(2)8-7-9-21(25)26/h7-8,12,16,19-21H,9-11,13-15,17H2,1-6H3,(H2,27,28,29). The number of hydrogen-bond acceptors (Lipinski definition) is 5. The molecule has 1 aliphatic heterocycles. The Bertz CT molecular complexity index is 877. The van der Waals surface area contributed by atoms with Crippen LogP contribution >= 0.6 is 0 Å². The van der Waals surface area contributed by atoms with Gasteiger partial charge in [0, 0.05) is 13.6 Å². The highest BCUT2D eigenvalue weighted by Crippen LogP contribution is 2.61. The molecule has 0 aromatic carbocycles. The van der Waals surface area contributed by atoms with Gasteiger partial charge in [-0.2, -0.15) is 0 Å². The average Bonchev–Trinajstić information content (AvgIpc) is 3.07. The van der Waals surface area contributed by atoms with Crippen molar-refractivity contribution in [2.45, 2.75) is 66.7 Å². The third-order valence-electron chi connectivity index (χ3n) is 9.28. The van der Waals surface area contributed by atoms with Gasteiger partial charge in [0.1, 0.15) is 12.0 Å². The molecule has 2 aliphatic carbocycles. The van der Waals surface area contributed by atoms with Crippen LogP contribution in [-0.2, 0) is 0 Å². The lowest BCUT2D eigenvalue weighted by Crippen LogP contribution is -2.51. The summed E-state index contributed by atoms with van der Waals surface area (Å²) in [5.41, 5.74) is 9.47. The van der Waals surface area contributed by atoms with Crippen molar-refractivity contribution in [3.8, 4) is 0 Å². The van der Waals surface area contributed by atoms with Crippen LogP contribution in [0.4, 0.5) is 17.3 Å². The maximum atomic E-state index is 6.16. The highest BCUT2D eigenvalue weighted by Gasteiger charge is 2.53. The zero-order valence-electron chi connectivity index (χ0n) is 20.4. The summed E-state index contributed by atoms with van der Waals surface area (Å²) < 4.78 is 0. The largest absolute Gasteiger partial charge is 0.382 e. The molecule has 0 amide bonds. The molecule has 0 saturated heterocycles. The van der Waals surface area contributed by atoms with Gasteiger partial charge >= 0.3 is 0 Å². The average molecular weight is 424 g/mol. The van der Waals surface area contributed by atoms with Gasteiger partial charge in [0.2, 0.25) is 0 Å². The van der Waals surface area contributed by atoms with Gasteiger partial charge in [0.25, 0.3) is 0 Å². The van der Waals surface area contributed by atoms with E-state index in [2.05, 4.69) is 79.7 Å². The van der Waals surface area contributed by atoms with Gasteiger partial charge in [0.05, 0.1) is 6.67 Å². The molecule has 3 aliphatic rings. The first-order chi connectivity index (χ1) is 14.7. The van der Waals surface area contributed by atoms with E-state index in [4.69, 9.17) is 5.73 Å². The van der Waals surface area contributed by atoms with Gasteiger partial charge < -0.3 is 15.5 Å². The SMILES string of the molecule is CC(=CCN1CN(C)c2ncnc(N)c21)CCC1(C)C(C)CCC2(C)C(C)C=CCC21. The van der Waals surface area contributed by atoms with Crippen molar-refractivity contribution >= 4 is 17.3 Å². The van der Waals surface area contributed by atoms with Crippen molar-refractivity contribution in [3.05, 3.63) is 30.1 Å². The highest BCUT2D eigenvalue weighted by molar-refractivity contribution is 5.81. The number of anilines is 3. The van der Waals surface area contributed by atoms with Gasteiger partial charge in [-0.05, 0) is 67.6 Å². The van der Waals surface area contributed by atoms with Gasteiger partial charge in [-0.15, -0.1) is 0 Å². The second kappa shape index (κ2) is 8.14. The molecule has 1 saturated carbocycles. The molecule has 5 heteroatoms. The van der Waals surface area contributed by atoms with Crippen molar-refractivity contribution in [1.29, 1.82) is 0 Å². The number of aromatic nitrogens is 2. The molecule has 31 heavy (non-hydrogen) atoms. The Balaban J connectivity index is 1.44. The van der Waals surface area contributed by atoms with Crippen LogP contribution in [0.15, 0.2) is 30.1 Å². The zero-order chi connectivity index (χ0) is 22.4. The number of allylic oxidation sites excluding steroid dienone is 3. The molecular formula is C26H41N5. The van der Waals surface area contributed by atoms with Crippen molar-refractivity contribution in [1.82, 2.24) is 9.97 Å². The van der Waals surface area contributed by atoms with Gasteiger partial charge in [-0.3, -0.25) is 0 Å². The number of nitrogens with zero attached hydrogens (tertiary/aromatic N) is 4. The van der Waals surface area contributed by atoms with Crippen LogP contribution in [-0.4, -0.2) is 30.2 Å². The van der Waals surface area contributed by atoms with Crippen LogP contribution in [0.2, 0.25) is 0 Å². The molecule has 5 nitrogen and oxygen atoms in total. The zero-order valence-corrected chi connectivity index (χ0v) is 20.4. The number of fused-ring (bicyclic) bond motifs is 2. The van der Waals surface area contributed by atoms with Crippen molar-refractivity contribution in [2.24, 2.45) is 28.6 Å². The van der Waals surface area contributed by atoms with Crippen LogP contribution in [0.1, 0.15) is 66.7 Å².